The largest absolute Gasteiger partial charge is 0.493 e. The minimum Gasteiger partial charge on any atom is -0.493 e. The molecule has 7 nitrogen and oxygen atoms in total. The van der Waals surface area contributed by atoms with Crippen LogP contribution in [0.25, 0.3) is 0 Å². The molecule has 27 heavy (non-hydrogen) atoms. The fourth-order valence-corrected chi connectivity index (χ4v) is 3.16. The highest BCUT2D eigenvalue weighted by molar-refractivity contribution is 6.04. The number of hydrogen-bond acceptors (Lipinski definition) is 5. The second-order valence-corrected chi connectivity index (χ2v) is 7.64. The number of nitrogens with one attached hydrogen (secondary N) is 1. The van der Waals surface area contributed by atoms with Gasteiger partial charge in [0, 0.05) is 26.2 Å². The molecule has 0 spiro atoms. The Morgan fingerprint density at radius 2 is 1.74 bits per heavy atom. The van der Waals surface area contributed by atoms with Crippen molar-refractivity contribution in [3.63, 3.8) is 0 Å². The molecule has 2 amide bonds. The molecule has 1 aliphatic heterocycles. The summed E-state index contributed by atoms with van der Waals surface area (Å²) in [7, 11) is 7.09. The molecule has 1 heterocycles. The number of likely N-dealkylation sites (N-methyl/N-ethyl adjacent to an activating group) is 1. The van der Waals surface area contributed by atoms with E-state index >= 15 is 0 Å². The summed E-state index contributed by atoms with van der Waals surface area (Å²) in [5.74, 6) is 0.931. The summed E-state index contributed by atoms with van der Waals surface area (Å²) in [4.78, 5) is 29.3. The van der Waals surface area contributed by atoms with Crippen molar-refractivity contribution >= 4 is 11.8 Å². The molecule has 150 valence electrons. The van der Waals surface area contributed by atoms with Gasteiger partial charge in [-0.15, -0.1) is 0 Å². The number of rotatable bonds is 7. The van der Waals surface area contributed by atoms with E-state index in [4.69, 9.17) is 9.47 Å². The maximum atomic E-state index is 13.0. The van der Waals surface area contributed by atoms with Crippen molar-refractivity contribution in [3.8, 4) is 11.5 Å². The van der Waals surface area contributed by atoms with Crippen LogP contribution in [-0.4, -0.2) is 69.6 Å². The Balaban J connectivity index is 2.10. The number of hydrogen-bond donors (Lipinski definition) is 1. The second-order valence-electron chi connectivity index (χ2n) is 7.64. The van der Waals surface area contributed by atoms with Gasteiger partial charge in [-0.2, -0.15) is 0 Å². The van der Waals surface area contributed by atoms with Gasteiger partial charge in [-0.05, 0) is 57.6 Å². The molecule has 0 unspecified atom stereocenters. The average Bonchev–Trinajstić information content (AvgIpc) is 2.65. The van der Waals surface area contributed by atoms with Gasteiger partial charge in [0.2, 0.25) is 11.8 Å². The van der Waals surface area contributed by atoms with E-state index in [1.54, 1.807) is 33.0 Å². The summed E-state index contributed by atoms with van der Waals surface area (Å²) in [5, 5.41) is 2.86. The molecule has 0 fully saturated rings. The lowest BCUT2D eigenvalue weighted by molar-refractivity contribution is -0.149. The molecule has 2 rings (SSSR count). The van der Waals surface area contributed by atoms with Gasteiger partial charge in [-0.1, -0.05) is 0 Å². The zero-order valence-corrected chi connectivity index (χ0v) is 17.2. The number of carbonyl (C=O) groups is 2. The van der Waals surface area contributed by atoms with Crippen molar-refractivity contribution in [1.29, 1.82) is 0 Å². The number of benzene rings is 1. The summed E-state index contributed by atoms with van der Waals surface area (Å²) < 4.78 is 10.7. The van der Waals surface area contributed by atoms with Crippen LogP contribution in [0.3, 0.4) is 0 Å². The standard InChI is InChI=1S/C20H31N3O4/c1-20(2,18(24)21-8-10-22(3)4)19(25)23-9-7-14-11-16(26-5)17(27-6)12-15(14)13-23/h11-12H,7-10,13H2,1-6H3,(H,21,24). The summed E-state index contributed by atoms with van der Waals surface area (Å²) >= 11 is 0. The van der Waals surface area contributed by atoms with Crippen LogP contribution in [0.1, 0.15) is 25.0 Å². The van der Waals surface area contributed by atoms with Crippen molar-refractivity contribution in [2.45, 2.75) is 26.8 Å². The molecule has 0 saturated heterocycles. The van der Waals surface area contributed by atoms with Gasteiger partial charge in [0.05, 0.1) is 14.2 Å². The molecule has 0 aromatic heterocycles. The van der Waals surface area contributed by atoms with Crippen LogP contribution in [0.4, 0.5) is 0 Å². The lowest BCUT2D eigenvalue weighted by Crippen LogP contribution is -2.51. The summed E-state index contributed by atoms with van der Waals surface area (Å²) in [6, 6.07) is 3.88. The SMILES string of the molecule is COc1cc2c(cc1OC)CN(C(=O)C(C)(C)C(=O)NCCN(C)C)CC2. The Morgan fingerprint density at radius 1 is 1.15 bits per heavy atom. The van der Waals surface area contributed by atoms with Crippen LogP contribution < -0.4 is 14.8 Å². The number of fused-ring (bicyclic) bond motifs is 1. The minimum atomic E-state index is -1.11. The molecular weight excluding hydrogens is 346 g/mol. The van der Waals surface area contributed by atoms with E-state index < -0.39 is 5.41 Å². The second kappa shape index (κ2) is 8.61. The number of carbonyl (C=O) groups excluding carboxylic acids is 2. The molecule has 0 aliphatic carbocycles. The smallest absolute Gasteiger partial charge is 0.238 e. The Kier molecular flexibility index (Phi) is 6.70. The first kappa shape index (κ1) is 21.0. The maximum Gasteiger partial charge on any atom is 0.238 e. The van der Waals surface area contributed by atoms with E-state index in [1.807, 2.05) is 31.1 Å². The van der Waals surface area contributed by atoms with Crippen LogP contribution in [0.2, 0.25) is 0 Å². The number of methoxy groups -OCH3 is 2. The number of ether oxygens (including phenoxy) is 2. The van der Waals surface area contributed by atoms with E-state index in [0.717, 1.165) is 24.1 Å². The molecule has 1 aromatic carbocycles. The van der Waals surface area contributed by atoms with Gasteiger partial charge < -0.3 is 24.6 Å². The zero-order valence-electron chi connectivity index (χ0n) is 17.2. The van der Waals surface area contributed by atoms with Crippen molar-refractivity contribution in [1.82, 2.24) is 15.1 Å². The lowest BCUT2D eigenvalue weighted by Gasteiger charge is -2.35. The third-order valence-corrected chi connectivity index (χ3v) is 4.95. The summed E-state index contributed by atoms with van der Waals surface area (Å²) in [6.07, 6.45) is 0.722. The topological polar surface area (TPSA) is 71.1 Å². The number of amides is 2. The summed E-state index contributed by atoms with van der Waals surface area (Å²) in [6.45, 7) is 5.66. The van der Waals surface area contributed by atoms with Gasteiger partial charge in [0.25, 0.3) is 0 Å². The van der Waals surface area contributed by atoms with Crippen LogP contribution in [0.5, 0.6) is 11.5 Å². The molecule has 1 aromatic rings. The number of nitrogens with zero attached hydrogens (tertiary/aromatic N) is 2. The Bertz CT molecular complexity index is 701. The van der Waals surface area contributed by atoms with Gasteiger partial charge in [-0.3, -0.25) is 9.59 Å². The molecule has 0 radical (unpaired) electrons. The van der Waals surface area contributed by atoms with E-state index in [1.165, 1.54) is 0 Å². The van der Waals surface area contributed by atoms with Crippen molar-refractivity contribution in [2.75, 3.05) is 47.9 Å². The quantitative estimate of drug-likeness (QED) is 0.725. The predicted molar refractivity (Wildman–Crippen MR) is 104 cm³/mol. The fraction of sp³-hybridized carbons (Fsp3) is 0.600. The monoisotopic (exact) mass is 377 g/mol. The maximum absolute atomic E-state index is 13.0. The van der Waals surface area contributed by atoms with Crippen LogP contribution in [0.15, 0.2) is 12.1 Å². The highest BCUT2D eigenvalue weighted by Gasteiger charge is 2.40. The van der Waals surface area contributed by atoms with E-state index in [-0.39, 0.29) is 11.8 Å². The van der Waals surface area contributed by atoms with Crippen molar-refractivity contribution in [3.05, 3.63) is 23.3 Å². The highest BCUT2D eigenvalue weighted by atomic mass is 16.5. The van der Waals surface area contributed by atoms with Crippen molar-refractivity contribution < 1.29 is 19.1 Å². The first-order valence-corrected chi connectivity index (χ1v) is 9.17. The first-order chi connectivity index (χ1) is 12.7. The third kappa shape index (κ3) is 4.71. The van der Waals surface area contributed by atoms with E-state index in [9.17, 15) is 9.59 Å². The minimum absolute atomic E-state index is 0.162. The average molecular weight is 377 g/mol. The predicted octanol–water partition coefficient (Wildman–Crippen LogP) is 1.29. The lowest BCUT2D eigenvalue weighted by atomic mass is 9.88. The van der Waals surface area contributed by atoms with Gasteiger partial charge >= 0.3 is 0 Å². The fourth-order valence-electron chi connectivity index (χ4n) is 3.16. The first-order valence-electron chi connectivity index (χ1n) is 9.17. The molecule has 0 saturated carbocycles. The zero-order chi connectivity index (χ0) is 20.2. The van der Waals surface area contributed by atoms with Crippen molar-refractivity contribution in [2.24, 2.45) is 5.41 Å². The highest BCUT2D eigenvalue weighted by Crippen LogP contribution is 2.34. The van der Waals surface area contributed by atoms with Gasteiger partial charge in [0.15, 0.2) is 11.5 Å². The molecule has 1 N–H and O–H groups in total. The molecular formula is C20H31N3O4. The Hall–Kier alpha value is -2.28. The molecule has 0 bridgehead atoms. The Labute approximate surface area is 161 Å². The normalized spacial score (nSPS) is 14.0. The summed E-state index contributed by atoms with van der Waals surface area (Å²) in [5.41, 5.74) is 1.06. The van der Waals surface area contributed by atoms with E-state index in [0.29, 0.717) is 31.1 Å². The molecule has 0 atom stereocenters. The molecule has 1 aliphatic rings. The third-order valence-electron chi connectivity index (χ3n) is 4.95. The van der Waals surface area contributed by atoms with E-state index in [2.05, 4.69) is 5.32 Å². The van der Waals surface area contributed by atoms with Gasteiger partial charge in [-0.25, -0.2) is 0 Å². The van der Waals surface area contributed by atoms with Crippen LogP contribution >= 0.6 is 0 Å². The Morgan fingerprint density at radius 3 is 2.30 bits per heavy atom. The van der Waals surface area contributed by atoms with Gasteiger partial charge in [0.1, 0.15) is 5.41 Å². The van der Waals surface area contributed by atoms with Crippen LogP contribution in [0, 0.1) is 5.41 Å². The van der Waals surface area contributed by atoms with Crippen LogP contribution in [-0.2, 0) is 22.6 Å². The molecule has 7 heteroatoms.